The monoisotopic (exact) mass is 299 g/mol. The van der Waals surface area contributed by atoms with E-state index in [2.05, 4.69) is 5.32 Å². The molecule has 0 saturated carbocycles. The molecular formula is C15H25NO5. The lowest BCUT2D eigenvalue weighted by Gasteiger charge is -2.22. The predicted octanol–water partition coefficient (Wildman–Crippen LogP) is 3.03. The first-order chi connectivity index (χ1) is 9.85. The minimum absolute atomic E-state index is 0.301. The van der Waals surface area contributed by atoms with Crippen molar-refractivity contribution in [1.82, 2.24) is 5.32 Å². The number of amides is 1. The number of ether oxygens (including phenoxy) is 3. The van der Waals surface area contributed by atoms with E-state index in [0.717, 1.165) is 0 Å². The van der Waals surface area contributed by atoms with Gasteiger partial charge in [0.2, 0.25) is 0 Å². The standard InChI is InChI=1S/C15H25NO5/c1-15(2,3)21-14(17)16-12(8-9-18-4)13-7-6-11(20-13)10-19-5/h6-7,12H,8-10H2,1-5H3,(H,16,17). The van der Waals surface area contributed by atoms with Crippen molar-refractivity contribution in [3.8, 4) is 0 Å². The molecule has 0 radical (unpaired) electrons. The number of carbonyl (C=O) groups excluding carboxylic acids is 1. The minimum atomic E-state index is -0.541. The van der Waals surface area contributed by atoms with Crippen LogP contribution in [-0.4, -0.2) is 32.5 Å². The average Bonchev–Trinajstić information content (AvgIpc) is 2.81. The van der Waals surface area contributed by atoms with Crippen LogP contribution in [0.3, 0.4) is 0 Å². The summed E-state index contributed by atoms with van der Waals surface area (Å²) in [6.45, 7) is 6.35. The van der Waals surface area contributed by atoms with E-state index in [1.54, 1.807) is 14.2 Å². The molecule has 0 aliphatic carbocycles. The summed E-state index contributed by atoms with van der Waals surface area (Å²) in [5.41, 5.74) is -0.541. The highest BCUT2D eigenvalue weighted by Gasteiger charge is 2.22. The van der Waals surface area contributed by atoms with Crippen molar-refractivity contribution in [3.63, 3.8) is 0 Å². The van der Waals surface area contributed by atoms with Gasteiger partial charge in [0.15, 0.2) is 0 Å². The first kappa shape index (κ1) is 17.5. The highest BCUT2D eigenvalue weighted by atomic mass is 16.6. The minimum Gasteiger partial charge on any atom is -0.461 e. The molecule has 21 heavy (non-hydrogen) atoms. The number of hydrogen-bond donors (Lipinski definition) is 1. The lowest BCUT2D eigenvalue weighted by atomic mass is 10.1. The van der Waals surface area contributed by atoms with E-state index >= 15 is 0 Å². The van der Waals surface area contributed by atoms with Gasteiger partial charge < -0.3 is 23.9 Å². The molecule has 1 aromatic rings. The summed E-state index contributed by atoms with van der Waals surface area (Å²) < 4.78 is 21.0. The Balaban J connectivity index is 2.72. The second kappa shape index (κ2) is 8.05. The van der Waals surface area contributed by atoms with Gasteiger partial charge in [0.1, 0.15) is 23.7 Å². The molecule has 6 nitrogen and oxygen atoms in total. The van der Waals surface area contributed by atoms with Crippen LogP contribution in [0.5, 0.6) is 0 Å². The third-order valence-electron chi connectivity index (χ3n) is 2.61. The van der Waals surface area contributed by atoms with Gasteiger partial charge in [0, 0.05) is 20.8 Å². The molecule has 6 heteroatoms. The molecule has 120 valence electrons. The summed E-state index contributed by atoms with van der Waals surface area (Å²) >= 11 is 0. The third-order valence-corrected chi connectivity index (χ3v) is 2.61. The van der Waals surface area contributed by atoms with Crippen molar-refractivity contribution in [2.45, 2.75) is 45.4 Å². The summed E-state index contributed by atoms with van der Waals surface area (Å²) in [4.78, 5) is 11.9. The van der Waals surface area contributed by atoms with Gasteiger partial charge in [-0.2, -0.15) is 0 Å². The molecule has 0 fully saturated rings. The van der Waals surface area contributed by atoms with Gasteiger partial charge in [-0.1, -0.05) is 0 Å². The van der Waals surface area contributed by atoms with Crippen molar-refractivity contribution in [3.05, 3.63) is 23.7 Å². The quantitative estimate of drug-likeness (QED) is 0.838. The topological polar surface area (TPSA) is 69.9 Å². The Hall–Kier alpha value is -1.53. The first-order valence-corrected chi connectivity index (χ1v) is 6.91. The second-order valence-electron chi connectivity index (χ2n) is 5.72. The summed E-state index contributed by atoms with van der Waals surface area (Å²) in [5, 5.41) is 2.80. The van der Waals surface area contributed by atoms with Crippen LogP contribution in [0, 0.1) is 0 Å². The molecule has 1 atom stereocenters. The Morgan fingerprint density at radius 3 is 2.57 bits per heavy atom. The zero-order valence-electron chi connectivity index (χ0n) is 13.4. The van der Waals surface area contributed by atoms with Crippen LogP contribution in [0.2, 0.25) is 0 Å². The van der Waals surface area contributed by atoms with E-state index < -0.39 is 11.7 Å². The number of methoxy groups -OCH3 is 2. The van der Waals surface area contributed by atoms with Crippen LogP contribution in [-0.2, 0) is 20.8 Å². The average molecular weight is 299 g/mol. The second-order valence-corrected chi connectivity index (χ2v) is 5.72. The SMILES string of the molecule is COCCC(NC(=O)OC(C)(C)C)c1ccc(COC)o1. The molecule has 1 amide bonds. The van der Waals surface area contributed by atoms with Gasteiger partial charge in [-0.15, -0.1) is 0 Å². The maximum atomic E-state index is 11.9. The molecule has 1 heterocycles. The molecule has 1 unspecified atom stereocenters. The van der Waals surface area contributed by atoms with Gasteiger partial charge in [-0.3, -0.25) is 0 Å². The van der Waals surface area contributed by atoms with E-state index in [0.29, 0.717) is 31.2 Å². The first-order valence-electron chi connectivity index (χ1n) is 6.91. The smallest absolute Gasteiger partial charge is 0.408 e. The summed E-state index contributed by atoms with van der Waals surface area (Å²) in [6, 6.07) is 3.35. The molecule has 1 N–H and O–H groups in total. The van der Waals surface area contributed by atoms with E-state index in [9.17, 15) is 4.79 Å². The predicted molar refractivity (Wildman–Crippen MR) is 78.0 cm³/mol. The molecule has 1 rings (SSSR count). The Morgan fingerprint density at radius 2 is 2.00 bits per heavy atom. The van der Waals surface area contributed by atoms with Crippen LogP contribution in [0.1, 0.15) is 44.8 Å². The molecule has 0 aliphatic heterocycles. The summed E-state index contributed by atoms with van der Waals surface area (Å²) in [6.07, 6.45) is 0.115. The molecule has 1 aromatic heterocycles. The zero-order valence-corrected chi connectivity index (χ0v) is 13.4. The van der Waals surface area contributed by atoms with Gasteiger partial charge in [0.05, 0.1) is 6.04 Å². The Labute approximate surface area is 125 Å². The van der Waals surface area contributed by atoms with Crippen molar-refractivity contribution in [1.29, 1.82) is 0 Å². The highest BCUT2D eigenvalue weighted by Crippen LogP contribution is 2.21. The van der Waals surface area contributed by atoms with E-state index in [1.165, 1.54) is 0 Å². The number of hydrogen-bond acceptors (Lipinski definition) is 5. The van der Waals surface area contributed by atoms with Crippen molar-refractivity contribution in [2.75, 3.05) is 20.8 Å². The van der Waals surface area contributed by atoms with Crippen LogP contribution in [0.25, 0.3) is 0 Å². The van der Waals surface area contributed by atoms with E-state index in [4.69, 9.17) is 18.6 Å². The Kier molecular flexibility index (Phi) is 6.71. The van der Waals surface area contributed by atoms with Crippen LogP contribution >= 0.6 is 0 Å². The van der Waals surface area contributed by atoms with Gasteiger partial charge in [-0.05, 0) is 39.3 Å². The number of rotatable bonds is 7. The number of alkyl carbamates (subject to hydrolysis) is 1. The van der Waals surface area contributed by atoms with E-state index in [1.807, 2.05) is 32.9 Å². The summed E-state index contributed by atoms with van der Waals surface area (Å²) in [7, 11) is 3.21. The normalized spacial score (nSPS) is 13.0. The number of furan rings is 1. The number of carbonyl (C=O) groups is 1. The molecule has 0 aliphatic rings. The van der Waals surface area contributed by atoms with E-state index in [-0.39, 0.29) is 6.04 Å². The van der Waals surface area contributed by atoms with Gasteiger partial charge in [0.25, 0.3) is 0 Å². The zero-order chi connectivity index (χ0) is 15.9. The highest BCUT2D eigenvalue weighted by molar-refractivity contribution is 5.68. The maximum absolute atomic E-state index is 11.9. The largest absolute Gasteiger partial charge is 0.461 e. The Morgan fingerprint density at radius 1 is 1.29 bits per heavy atom. The lowest BCUT2D eigenvalue weighted by molar-refractivity contribution is 0.0483. The molecule has 0 bridgehead atoms. The lowest BCUT2D eigenvalue weighted by Crippen LogP contribution is -2.35. The van der Waals surface area contributed by atoms with Crippen LogP contribution in [0.15, 0.2) is 16.5 Å². The number of nitrogens with one attached hydrogen (secondary N) is 1. The van der Waals surface area contributed by atoms with Crippen LogP contribution < -0.4 is 5.32 Å². The molecule has 0 saturated heterocycles. The van der Waals surface area contributed by atoms with Gasteiger partial charge >= 0.3 is 6.09 Å². The third kappa shape index (κ3) is 6.64. The van der Waals surface area contributed by atoms with Crippen molar-refractivity contribution < 1.29 is 23.4 Å². The fourth-order valence-corrected chi connectivity index (χ4v) is 1.77. The molecule has 0 aromatic carbocycles. The van der Waals surface area contributed by atoms with Crippen molar-refractivity contribution >= 4 is 6.09 Å². The molecule has 0 spiro atoms. The Bertz CT molecular complexity index is 436. The summed E-state index contributed by atoms with van der Waals surface area (Å²) in [5.74, 6) is 1.37. The maximum Gasteiger partial charge on any atom is 0.408 e. The van der Waals surface area contributed by atoms with Crippen molar-refractivity contribution in [2.24, 2.45) is 0 Å². The molecular weight excluding hydrogens is 274 g/mol. The van der Waals surface area contributed by atoms with Crippen LogP contribution in [0.4, 0.5) is 4.79 Å². The fourth-order valence-electron chi connectivity index (χ4n) is 1.77. The fraction of sp³-hybridized carbons (Fsp3) is 0.667. The van der Waals surface area contributed by atoms with Gasteiger partial charge in [-0.25, -0.2) is 4.79 Å².